The first-order valence-electron chi connectivity index (χ1n) is 16.4. The van der Waals surface area contributed by atoms with Gasteiger partial charge in [-0.2, -0.15) is 0 Å². The molecule has 0 amide bonds. The van der Waals surface area contributed by atoms with E-state index in [9.17, 15) is 0 Å². The fourth-order valence-corrected chi connectivity index (χ4v) is 7.57. The van der Waals surface area contributed by atoms with Crippen LogP contribution >= 0.6 is 0 Å². The molecule has 0 atom stereocenters. The van der Waals surface area contributed by atoms with Gasteiger partial charge < -0.3 is 0 Å². The van der Waals surface area contributed by atoms with Crippen LogP contribution in [0.25, 0.3) is 11.1 Å². The minimum Gasteiger partial charge on any atom is -0.0654 e. The van der Waals surface area contributed by atoms with E-state index >= 15 is 0 Å². The Bertz CT molecular complexity index is 890. The second kappa shape index (κ2) is 15.1. The van der Waals surface area contributed by atoms with Crippen LogP contribution in [0.4, 0.5) is 0 Å². The Balaban J connectivity index is 1.23. The quantitative estimate of drug-likeness (QED) is 0.240. The molecule has 204 valence electrons. The first kappa shape index (κ1) is 28.4. The van der Waals surface area contributed by atoms with E-state index in [4.69, 9.17) is 0 Å². The number of benzene rings is 2. The van der Waals surface area contributed by atoms with Crippen LogP contribution in [0.2, 0.25) is 0 Å². The van der Waals surface area contributed by atoms with E-state index in [2.05, 4.69) is 63.2 Å². The summed E-state index contributed by atoms with van der Waals surface area (Å²) in [6.07, 6.45) is 25.7. The lowest BCUT2D eigenvalue weighted by atomic mass is 9.76. The maximum Gasteiger partial charge on any atom is -0.0155 e. The Morgan fingerprint density at radius 2 is 1.08 bits per heavy atom. The van der Waals surface area contributed by atoms with Gasteiger partial charge in [-0.3, -0.25) is 0 Å². The molecule has 2 aliphatic rings. The lowest BCUT2D eigenvalue weighted by Gasteiger charge is -2.29. The summed E-state index contributed by atoms with van der Waals surface area (Å²) in [4.78, 5) is 0. The average molecular weight is 501 g/mol. The van der Waals surface area contributed by atoms with Gasteiger partial charge in [0.25, 0.3) is 0 Å². The predicted molar refractivity (Wildman–Crippen MR) is 164 cm³/mol. The fraction of sp³-hybridized carbons (Fsp3) is 0.676. The monoisotopic (exact) mass is 500 g/mol. The van der Waals surface area contributed by atoms with Crippen LogP contribution in [0.5, 0.6) is 0 Å². The van der Waals surface area contributed by atoms with E-state index in [0.29, 0.717) is 0 Å². The van der Waals surface area contributed by atoms with Crippen molar-refractivity contribution in [3.63, 3.8) is 0 Å². The minimum absolute atomic E-state index is 0.782. The van der Waals surface area contributed by atoms with Gasteiger partial charge in [-0.15, -0.1) is 0 Å². The summed E-state index contributed by atoms with van der Waals surface area (Å²) < 4.78 is 0. The van der Waals surface area contributed by atoms with Crippen molar-refractivity contribution in [2.75, 3.05) is 0 Å². The number of hydrogen-bond donors (Lipinski definition) is 0. The van der Waals surface area contributed by atoms with Crippen LogP contribution in [-0.4, -0.2) is 0 Å². The third-order valence-electron chi connectivity index (χ3n) is 10.0. The van der Waals surface area contributed by atoms with E-state index in [1.165, 1.54) is 132 Å². The van der Waals surface area contributed by atoms with Gasteiger partial charge in [-0.25, -0.2) is 0 Å². The molecule has 0 spiro atoms. The first-order chi connectivity index (χ1) is 18.2. The second-order valence-corrected chi connectivity index (χ2v) is 12.8. The standard InChI is InChI=1S/C37H56/c1-4-6-7-8-9-10-11-13-31-16-18-32(19-17-31)33-22-24-35(25-23-33)37-27-26-36(28-29(37)3)34-20-14-30(12-5-2)15-21-34/h22-28,30-32,34H,4-21H2,1-3H3/t30-,31-,32-,34-. The highest BCUT2D eigenvalue weighted by molar-refractivity contribution is 5.68. The largest absolute Gasteiger partial charge is 0.0654 e. The number of unbranched alkanes of at least 4 members (excludes halogenated alkanes) is 6. The van der Waals surface area contributed by atoms with E-state index in [0.717, 1.165) is 23.7 Å². The Labute approximate surface area is 230 Å². The SMILES string of the molecule is CCCCCCCCC[C@H]1CC[C@H](c2ccc(-c3ccc([C@H]4CC[C@H](CCC)CC4)cc3C)cc2)CC1. The van der Waals surface area contributed by atoms with Crippen LogP contribution in [0, 0.1) is 18.8 Å². The maximum atomic E-state index is 2.50. The Morgan fingerprint density at radius 1 is 0.541 bits per heavy atom. The zero-order valence-corrected chi connectivity index (χ0v) is 24.6. The molecular formula is C37H56. The third-order valence-corrected chi connectivity index (χ3v) is 10.0. The Hall–Kier alpha value is -1.56. The molecule has 2 saturated carbocycles. The summed E-state index contributed by atoms with van der Waals surface area (Å²) in [5.41, 5.74) is 7.43. The molecule has 2 aromatic carbocycles. The zero-order valence-electron chi connectivity index (χ0n) is 24.6. The summed E-state index contributed by atoms with van der Waals surface area (Å²) in [5, 5.41) is 0. The van der Waals surface area contributed by atoms with Gasteiger partial charge >= 0.3 is 0 Å². The number of aryl methyl sites for hydroxylation is 1. The molecule has 2 aromatic rings. The molecule has 0 heterocycles. The number of hydrogen-bond acceptors (Lipinski definition) is 0. The summed E-state index contributed by atoms with van der Waals surface area (Å²) in [6, 6.07) is 17.0. The summed E-state index contributed by atoms with van der Waals surface area (Å²) in [7, 11) is 0. The maximum absolute atomic E-state index is 2.50. The van der Waals surface area contributed by atoms with Crippen LogP contribution < -0.4 is 0 Å². The van der Waals surface area contributed by atoms with Crippen molar-refractivity contribution >= 4 is 0 Å². The molecule has 0 bridgehead atoms. The zero-order chi connectivity index (χ0) is 25.9. The smallest absolute Gasteiger partial charge is 0.0155 e. The Morgan fingerprint density at radius 3 is 1.68 bits per heavy atom. The molecule has 0 aromatic heterocycles. The van der Waals surface area contributed by atoms with Crippen molar-refractivity contribution in [2.24, 2.45) is 11.8 Å². The fourth-order valence-electron chi connectivity index (χ4n) is 7.57. The van der Waals surface area contributed by atoms with Crippen molar-refractivity contribution < 1.29 is 0 Å². The summed E-state index contributed by atoms with van der Waals surface area (Å²) in [6.45, 7) is 6.97. The van der Waals surface area contributed by atoms with Crippen LogP contribution in [-0.2, 0) is 0 Å². The summed E-state index contributed by atoms with van der Waals surface area (Å²) in [5.74, 6) is 3.55. The number of rotatable bonds is 13. The molecule has 0 aliphatic heterocycles. The third kappa shape index (κ3) is 8.46. The highest BCUT2D eigenvalue weighted by Gasteiger charge is 2.23. The average Bonchev–Trinajstić information content (AvgIpc) is 2.94. The lowest BCUT2D eigenvalue weighted by Crippen LogP contribution is -2.13. The first-order valence-corrected chi connectivity index (χ1v) is 16.4. The predicted octanol–water partition coefficient (Wildman–Crippen LogP) is 12.2. The van der Waals surface area contributed by atoms with Gasteiger partial charge in [0, 0.05) is 0 Å². The second-order valence-electron chi connectivity index (χ2n) is 12.8. The molecule has 0 unspecified atom stereocenters. The van der Waals surface area contributed by atoms with Crippen molar-refractivity contribution in [3.05, 3.63) is 59.2 Å². The molecule has 0 heteroatoms. The molecular weight excluding hydrogens is 444 g/mol. The van der Waals surface area contributed by atoms with Gasteiger partial charge in [0.2, 0.25) is 0 Å². The molecule has 2 fully saturated rings. The highest BCUT2D eigenvalue weighted by atomic mass is 14.3. The van der Waals surface area contributed by atoms with E-state index < -0.39 is 0 Å². The van der Waals surface area contributed by atoms with Gasteiger partial charge in [-0.1, -0.05) is 121 Å². The molecule has 0 radical (unpaired) electrons. The molecule has 37 heavy (non-hydrogen) atoms. The van der Waals surface area contributed by atoms with Crippen molar-refractivity contribution in [3.8, 4) is 11.1 Å². The van der Waals surface area contributed by atoms with Gasteiger partial charge in [0.05, 0.1) is 0 Å². The van der Waals surface area contributed by atoms with Crippen molar-refractivity contribution in [1.82, 2.24) is 0 Å². The van der Waals surface area contributed by atoms with Gasteiger partial charge in [0.15, 0.2) is 0 Å². The van der Waals surface area contributed by atoms with Gasteiger partial charge in [-0.05, 0) is 110 Å². The Kier molecular flexibility index (Phi) is 11.6. The summed E-state index contributed by atoms with van der Waals surface area (Å²) >= 11 is 0. The highest BCUT2D eigenvalue weighted by Crippen LogP contribution is 2.40. The molecule has 0 saturated heterocycles. The topological polar surface area (TPSA) is 0 Å². The van der Waals surface area contributed by atoms with Crippen molar-refractivity contribution in [1.29, 1.82) is 0 Å². The van der Waals surface area contributed by atoms with Crippen LogP contribution in [0.1, 0.15) is 158 Å². The molecule has 0 N–H and O–H groups in total. The minimum atomic E-state index is 0.782. The van der Waals surface area contributed by atoms with E-state index in [1.807, 2.05) is 0 Å². The van der Waals surface area contributed by atoms with Crippen LogP contribution in [0.15, 0.2) is 42.5 Å². The van der Waals surface area contributed by atoms with Crippen molar-refractivity contribution in [2.45, 2.75) is 148 Å². The molecule has 0 nitrogen and oxygen atoms in total. The molecule has 4 rings (SSSR count). The van der Waals surface area contributed by atoms with Crippen LogP contribution in [0.3, 0.4) is 0 Å². The van der Waals surface area contributed by atoms with E-state index in [-0.39, 0.29) is 0 Å². The van der Waals surface area contributed by atoms with E-state index in [1.54, 1.807) is 11.1 Å². The normalized spacial score (nSPS) is 24.3. The molecule has 2 aliphatic carbocycles. The lowest BCUT2D eigenvalue weighted by molar-refractivity contribution is 0.302. The van der Waals surface area contributed by atoms with Gasteiger partial charge in [0.1, 0.15) is 0 Å².